The molecule has 0 spiro atoms. The number of benzene rings is 1. The van der Waals surface area contributed by atoms with Crippen molar-refractivity contribution in [3.8, 4) is 6.07 Å². The van der Waals surface area contributed by atoms with E-state index in [2.05, 4.69) is 19.2 Å². The van der Waals surface area contributed by atoms with E-state index in [0.717, 1.165) is 18.5 Å². The van der Waals surface area contributed by atoms with E-state index in [4.69, 9.17) is 4.74 Å². The van der Waals surface area contributed by atoms with Crippen LogP contribution in [0.5, 0.6) is 0 Å². The van der Waals surface area contributed by atoms with Gasteiger partial charge in [-0.2, -0.15) is 5.26 Å². The van der Waals surface area contributed by atoms with Crippen molar-refractivity contribution >= 4 is 23.6 Å². The molecule has 2 rings (SSSR count). The lowest BCUT2D eigenvalue weighted by Crippen LogP contribution is -2.47. The van der Waals surface area contributed by atoms with Crippen LogP contribution in [0.3, 0.4) is 0 Å². The Morgan fingerprint density at radius 1 is 1.24 bits per heavy atom. The van der Waals surface area contributed by atoms with Crippen LogP contribution >= 0.6 is 0 Å². The van der Waals surface area contributed by atoms with Crippen molar-refractivity contribution in [1.82, 2.24) is 5.32 Å². The van der Waals surface area contributed by atoms with Gasteiger partial charge in [-0.1, -0.05) is 38.8 Å². The third-order valence-electron chi connectivity index (χ3n) is 5.75. The van der Waals surface area contributed by atoms with Gasteiger partial charge in [0.15, 0.2) is 6.10 Å². The van der Waals surface area contributed by atoms with Gasteiger partial charge in [0.25, 0.3) is 5.91 Å². The number of hydrogen-bond acceptors (Lipinski definition) is 5. The van der Waals surface area contributed by atoms with Gasteiger partial charge in [0, 0.05) is 25.8 Å². The second kappa shape index (κ2) is 10.1. The van der Waals surface area contributed by atoms with Gasteiger partial charge in [0.1, 0.15) is 11.6 Å². The molecule has 0 saturated heterocycles. The van der Waals surface area contributed by atoms with Crippen molar-refractivity contribution in [2.24, 2.45) is 11.8 Å². The van der Waals surface area contributed by atoms with Gasteiger partial charge >= 0.3 is 5.97 Å². The van der Waals surface area contributed by atoms with E-state index in [1.54, 1.807) is 0 Å². The zero-order valence-corrected chi connectivity index (χ0v) is 17.9. The van der Waals surface area contributed by atoms with Gasteiger partial charge in [0.05, 0.1) is 0 Å². The molecule has 0 radical (unpaired) electrons. The van der Waals surface area contributed by atoms with E-state index in [1.807, 2.05) is 49.3 Å². The Kier molecular flexibility index (Phi) is 7.83. The number of esters is 1. The third-order valence-corrected chi connectivity index (χ3v) is 5.75. The molecule has 1 saturated carbocycles. The molecule has 0 unspecified atom stereocenters. The fourth-order valence-corrected chi connectivity index (χ4v) is 3.54. The van der Waals surface area contributed by atoms with Crippen molar-refractivity contribution in [2.45, 2.75) is 52.2 Å². The summed E-state index contributed by atoms with van der Waals surface area (Å²) in [5.74, 6) is -0.178. The Bertz CT molecular complexity index is 793. The molecule has 6 nitrogen and oxygen atoms in total. The summed E-state index contributed by atoms with van der Waals surface area (Å²) in [5.41, 5.74) is 1.59. The largest absolute Gasteiger partial charge is 0.448 e. The molecule has 0 bridgehead atoms. The number of carbonyl (C=O) groups is 2. The molecule has 1 aromatic carbocycles. The lowest BCUT2D eigenvalue weighted by molar-refractivity contribution is -0.151. The summed E-state index contributed by atoms with van der Waals surface area (Å²) in [4.78, 5) is 26.8. The highest BCUT2D eigenvalue weighted by Gasteiger charge is 2.30. The molecule has 29 heavy (non-hydrogen) atoms. The lowest BCUT2D eigenvalue weighted by atomic mass is 9.78. The Morgan fingerprint density at radius 3 is 2.48 bits per heavy atom. The van der Waals surface area contributed by atoms with Crippen molar-refractivity contribution < 1.29 is 14.3 Å². The first kappa shape index (κ1) is 22.5. The molecule has 156 valence electrons. The first-order valence-corrected chi connectivity index (χ1v) is 10.1. The van der Waals surface area contributed by atoms with E-state index in [0.29, 0.717) is 17.4 Å². The SMILES string of the molecule is C[C@@H]1[C@H](C)CCC[C@@H]1NC(=O)[C@@H](C)OC(=O)/C(C#N)=C/c1ccc(N(C)C)cc1. The summed E-state index contributed by atoms with van der Waals surface area (Å²) in [6.07, 6.45) is 3.70. The van der Waals surface area contributed by atoms with Crippen LogP contribution in [0.2, 0.25) is 0 Å². The highest BCUT2D eigenvalue weighted by Crippen LogP contribution is 2.29. The standard InChI is InChI=1S/C23H31N3O3/c1-15-7-6-8-21(16(15)2)25-22(27)17(3)29-23(28)19(14-24)13-18-9-11-20(12-10-18)26(4)5/h9-13,15-17,21H,6-8H2,1-5H3,(H,25,27)/b19-13+/t15-,16-,17-,21+/m1/s1. The maximum absolute atomic E-state index is 12.5. The molecule has 0 aromatic heterocycles. The molecule has 6 heteroatoms. The summed E-state index contributed by atoms with van der Waals surface area (Å²) < 4.78 is 5.25. The zero-order valence-electron chi connectivity index (χ0n) is 17.9. The number of amides is 1. The fraction of sp³-hybridized carbons (Fsp3) is 0.522. The van der Waals surface area contributed by atoms with Crippen molar-refractivity contribution in [3.05, 3.63) is 35.4 Å². The number of nitriles is 1. The van der Waals surface area contributed by atoms with Crippen LogP contribution in [0.15, 0.2) is 29.8 Å². The minimum Gasteiger partial charge on any atom is -0.448 e. The summed E-state index contributed by atoms with van der Waals surface area (Å²) in [6, 6.07) is 9.40. The van der Waals surface area contributed by atoms with Crippen LogP contribution in [0.4, 0.5) is 5.69 Å². The topological polar surface area (TPSA) is 82.4 Å². The minimum absolute atomic E-state index is 0.0913. The predicted octanol–water partition coefficient (Wildman–Crippen LogP) is 3.53. The molecule has 0 aliphatic heterocycles. The summed E-state index contributed by atoms with van der Waals surface area (Å²) in [5, 5.41) is 12.4. The Morgan fingerprint density at radius 2 is 1.90 bits per heavy atom. The van der Waals surface area contributed by atoms with E-state index in [-0.39, 0.29) is 17.5 Å². The molecule has 1 N–H and O–H groups in total. The van der Waals surface area contributed by atoms with Crippen LogP contribution in [-0.2, 0) is 14.3 Å². The maximum Gasteiger partial charge on any atom is 0.349 e. The van der Waals surface area contributed by atoms with E-state index in [9.17, 15) is 14.9 Å². The van der Waals surface area contributed by atoms with Crippen molar-refractivity contribution in [1.29, 1.82) is 5.26 Å². The molecule has 1 aliphatic rings. The number of rotatable bonds is 6. The first-order chi connectivity index (χ1) is 13.7. The van der Waals surface area contributed by atoms with E-state index < -0.39 is 12.1 Å². The summed E-state index contributed by atoms with van der Waals surface area (Å²) >= 11 is 0. The van der Waals surface area contributed by atoms with Crippen LogP contribution in [0, 0.1) is 23.2 Å². The Labute approximate surface area is 173 Å². The van der Waals surface area contributed by atoms with Gasteiger partial charge in [-0.15, -0.1) is 0 Å². The summed E-state index contributed by atoms with van der Waals surface area (Å²) in [7, 11) is 3.87. The predicted molar refractivity (Wildman–Crippen MR) is 114 cm³/mol. The normalized spacial score (nSPS) is 22.9. The second-order valence-electron chi connectivity index (χ2n) is 8.09. The van der Waals surface area contributed by atoms with Crippen molar-refractivity contribution in [3.63, 3.8) is 0 Å². The van der Waals surface area contributed by atoms with Gasteiger partial charge in [-0.05, 0) is 49.0 Å². The Balaban J connectivity index is 1.99. The number of anilines is 1. The lowest BCUT2D eigenvalue weighted by Gasteiger charge is -2.35. The molecular weight excluding hydrogens is 366 g/mol. The number of carbonyl (C=O) groups excluding carboxylic acids is 2. The average Bonchev–Trinajstić information content (AvgIpc) is 2.69. The zero-order chi connectivity index (χ0) is 21.6. The van der Waals surface area contributed by atoms with Crippen LogP contribution in [0.1, 0.15) is 45.6 Å². The Hall–Kier alpha value is -2.81. The van der Waals surface area contributed by atoms with Crippen LogP contribution < -0.4 is 10.2 Å². The molecular formula is C23H31N3O3. The number of ether oxygens (including phenoxy) is 1. The minimum atomic E-state index is -0.959. The number of hydrogen-bond donors (Lipinski definition) is 1. The average molecular weight is 398 g/mol. The van der Waals surface area contributed by atoms with Gasteiger partial charge in [0.2, 0.25) is 0 Å². The number of nitrogens with one attached hydrogen (secondary N) is 1. The quantitative estimate of drug-likeness (QED) is 0.451. The van der Waals surface area contributed by atoms with Crippen LogP contribution in [0.25, 0.3) is 6.08 Å². The van der Waals surface area contributed by atoms with Gasteiger partial charge in [-0.25, -0.2) is 4.79 Å². The fourth-order valence-electron chi connectivity index (χ4n) is 3.54. The maximum atomic E-state index is 12.5. The van der Waals surface area contributed by atoms with Gasteiger partial charge in [-0.3, -0.25) is 4.79 Å². The molecule has 1 amide bonds. The highest BCUT2D eigenvalue weighted by atomic mass is 16.5. The molecule has 1 aliphatic carbocycles. The first-order valence-electron chi connectivity index (χ1n) is 10.1. The second-order valence-corrected chi connectivity index (χ2v) is 8.09. The number of nitrogens with zero attached hydrogens (tertiary/aromatic N) is 2. The van der Waals surface area contributed by atoms with E-state index >= 15 is 0 Å². The molecule has 4 atom stereocenters. The third kappa shape index (κ3) is 6.08. The van der Waals surface area contributed by atoms with Gasteiger partial charge < -0.3 is 15.0 Å². The smallest absolute Gasteiger partial charge is 0.349 e. The summed E-state index contributed by atoms with van der Waals surface area (Å²) in [6.45, 7) is 5.87. The van der Waals surface area contributed by atoms with Crippen LogP contribution in [-0.4, -0.2) is 38.1 Å². The molecule has 0 heterocycles. The molecule has 1 aromatic rings. The monoisotopic (exact) mass is 397 g/mol. The highest BCUT2D eigenvalue weighted by molar-refractivity contribution is 5.99. The van der Waals surface area contributed by atoms with E-state index in [1.165, 1.54) is 19.4 Å². The van der Waals surface area contributed by atoms with Crippen molar-refractivity contribution in [2.75, 3.05) is 19.0 Å². The molecule has 1 fully saturated rings.